The van der Waals surface area contributed by atoms with Crippen LogP contribution in [-0.4, -0.2) is 7.11 Å². The fourth-order valence-electron chi connectivity index (χ4n) is 0.774. The van der Waals surface area contributed by atoms with Crippen molar-refractivity contribution in [3.63, 3.8) is 0 Å². The van der Waals surface area contributed by atoms with Crippen molar-refractivity contribution in [2.24, 2.45) is 0 Å². The number of hydrogen-bond donors (Lipinski definition) is 1. The summed E-state index contributed by atoms with van der Waals surface area (Å²) in [6, 6.07) is 0.902. The van der Waals surface area contributed by atoms with Crippen molar-refractivity contribution in [3.8, 4) is 5.75 Å². The smallest absolute Gasteiger partial charge is 0.192 e. The molecule has 1 aromatic rings. The number of anilines is 1. The van der Waals surface area contributed by atoms with Crippen LogP contribution in [0.4, 0.5) is 14.5 Å². The fourth-order valence-corrected chi connectivity index (χ4v) is 0.952. The van der Waals surface area contributed by atoms with Gasteiger partial charge < -0.3 is 10.5 Å². The monoisotopic (exact) mass is 193 g/mol. The van der Waals surface area contributed by atoms with Gasteiger partial charge in [0.15, 0.2) is 17.4 Å². The first-order valence-corrected chi connectivity index (χ1v) is 3.42. The first-order chi connectivity index (χ1) is 5.57. The Hall–Kier alpha value is -1.03. The van der Waals surface area contributed by atoms with E-state index < -0.39 is 17.4 Å². The molecular weight excluding hydrogens is 188 g/mol. The van der Waals surface area contributed by atoms with Gasteiger partial charge >= 0.3 is 0 Å². The van der Waals surface area contributed by atoms with Gasteiger partial charge in [-0.25, -0.2) is 8.78 Å². The third-order valence-corrected chi connectivity index (χ3v) is 1.68. The van der Waals surface area contributed by atoms with Crippen LogP contribution in [-0.2, 0) is 0 Å². The van der Waals surface area contributed by atoms with E-state index in [0.717, 1.165) is 13.2 Å². The van der Waals surface area contributed by atoms with Crippen LogP contribution in [0.1, 0.15) is 0 Å². The van der Waals surface area contributed by atoms with Gasteiger partial charge in [0.1, 0.15) is 0 Å². The molecule has 0 atom stereocenters. The van der Waals surface area contributed by atoms with Crippen LogP contribution in [0.5, 0.6) is 5.75 Å². The molecule has 0 amide bonds. The molecule has 0 saturated heterocycles. The van der Waals surface area contributed by atoms with Gasteiger partial charge in [-0.3, -0.25) is 0 Å². The lowest BCUT2D eigenvalue weighted by Crippen LogP contribution is -1.98. The molecule has 0 aliphatic rings. The third-order valence-electron chi connectivity index (χ3n) is 1.37. The van der Waals surface area contributed by atoms with E-state index in [0.29, 0.717) is 0 Å². The van der Waals surface area contributed by atoms with E-state index in [9.17, 15) is 8.78 Å². The maximum Gasteiger partial charge on any atom is 0.192 e. The normalized spacial score (nSPS) is 10.0. The average Bonchev–Trinajstić information content (AvgIpc) is 2.01. The number of rotatable bonds is 1. The molecule has 0 spiro atoms. The number of nitrogen functional groups attached to an aromatic ring is 1. The summed E-state index contributed by atoms with van der Waals surface area (Å²) < 4.78 is 30.2. The highest BCUT2D eigenvalue weighted by Crippen LogP contribution is 2.31. The van der Waals surface area contributed by atoms with E-state index in [2.05, 4.69) is 4.74 Å². The summed E-state index contributed by atoms with van der Waals surface area (Å²) in [4.78, 5) is 0. The Morgan fingerprint density at radius 1 is 1.50 bits per heavy atom. The van der Waals surface area contributed by atoms with Crippen molar-refractivity contribution in [2.45, 2.75) is 0 Å². The van der Waals surface area contributed by atoms with Crippen LogP contribution >= 0.6 is 11.6 Å². The summed E-state index contributed by atoms with van der Waals surface area (Å²) >= 11 is 5.39. The minimum absolute atomic E-state index is 0.161. The van der Waals surface area contributed by atoms with Crippen molar-refractivity contribution in [1.82, 2.24) is 0 Å². The maximum absolute atomic E-state index is 12.9. The van der Waals surface area contributed by atoms with Gasteiger partial charge in [-0.15, -0.1) is 0 Å². The molecule has 0 unspecified atom stereocenters. The van der Waals surface area contributed by atoms with E-state index in [1.165, 1.54) is 0 Å². The zero-order chi connectivity index (χ0) is 9.30. The maximum atomic E-state index is 12.9. The predicted molar refractivity (Wildman–Crippen MR) is 42.3 cm³/mol. The molecule has 66 valence electrons. The summed E-state index contributed by atoms with van der Waals surface area (Å²) in [6.45, 7) is 0. The van der Waals surface area contributed by atoms with Crippen molar-refractivity contribution in [3.05, 3.63) is 22.7 Å². The quantitative estimate of drug-likeness (QED) is 0.694. The second-order valence-corrected chi connectivity index (χ2v) is 2.51. The van der Waals surface area contributed by atoms with Crippen molar-refractivity contribution in [1.29, 1.82) is 0 Å². The highest BCUT2D eigenvalue weighted by molar-refractivity contribution is 6.33. The van der Waals surface area contributed by atoms with E-state index >= 15 is 0 Å². The Morgan fingerprint density at radius 3 is 2.58 bits per heavy atom. The fraction of sp³-hybridized carbons (Fsp3) is 0.143. The Labute approximate surface area is 72.9 Å². The molecule has 0 heterocycles. The Balaban J connectivity index is 3.40. The van der Waals surface area contributed by atoms with Crippen LogP contribution in [0.25, 0.3) is 0 Å². The van der Waals surface area contributed by atoms with Gasteiger partial charge in [0.25, 0.3) is 0 Å². The van der Waals surface area contributed by atoms with Crippen molar-refractivity contribution in [2.75, 3.05) is 12.8 Å². The lowest BCUT2D eigenvalue weighted by molar-refractivity contribution is 0.361. The molecule has 0 aliphatic heterocycles. The molecule has 12 heavy (non-hydrogen) atoms. The van der Waals surface area contributed by atoms with Gasteiger partial charge in [-0.2, -0.15) is 0 Å². The molecule has 0 aromatic heterocycles. The number of nitrogens with two attached hydrogens (primary N) is 1. The van der Waals surface area contributed by atoms with Gasteiger partial charge in [-0.05, 0) is 6.07 Å². The molecule has 1 rings (SSSR count). The van der Waals surface area contributed by atoms with Gasteiger partial charge in [0, 0.05) is 0 Å². The topological polar surface area (TPSA) is 35.2 Å². The molecule has 0 saturated carbocycles. The number of halogens is 3. The lowest BCUT2D eigenvalue weighted by atomic mass is 10.3. The molecule has 2 nitrogen and oxygen atoms in total. The number of ether oxygens (including phenoxy) is 1. The van der Waals surface area contributed by atoms with E-state index in [1.54, 1.807) is 0 Å². The van der Waals surface area contributed by atoms with E-state index in [1.807, 2.05) is 0 Å². The third kappa shape index (κ3) is 1.30. The lowest BCUT2D eigenvalue weighted by Gasteiger charge is -2.06. The van der Waals surface area contributed by atoms with Crippen LogP contribution in [0.15, 0.2) is 6.07 Å². The molecule has 2 N–H and O–H groups in total. The molecular formula is C7H6ClF2NO. The summed E-state index contributed by atoms with van der Waals surface area (Å²) in [5.41, 5.74) is 4.86. The van der Waals surface area contributed by atoms with Gasteiger partial charge in [-0.1, -0.05) is 11.6 Å². The van der Waals surface area contributed by atoms with Crippen LogP contribution in [0.2, 0.25) is 5.02 Å². The minimum atomic E-state index is -0.970. The predicted octanol–water partition coefficient (Wildman–Crippen LogP) is 2.21. The van der Waals surface area contributed by atoms with Crippen LogP contribution < -0.4 is 10.5 Å². The second-order valence-electron chi connectivity index (χ2n) is 2.10. The van der Waals surface area contributed by atoms with Crippen LogP contribution in [0.3, 0.4) is 0 Å². The summed E-state index contributed by atoms with van der Waals surface area (Å²) in [7, 11) is 1.15. The van der Waals surface area contributed by atoms with Gasteiger partial charge in [0.2, 0.25) is 0 Å². The van der Waals surface area contributed by atoms with Crippen molar-refractivity contribution < 1.29 is 13.5 Å². The zero-order valence-electron chi connectivity index (χ0n) is 6.20. The summed E-state index contributed by atoms with van der Waals surface area (Å²) in [6.07, 6.45) is 0. The molecule has 0 bridgehead atoms. The highest BCUT2D eigenvalue weighted by Gasteiger charge is 2.15. The first kappa shape index (κ1) is 9.06. The number of benzene rings is 1. The molecule has 0 fully saturated rings. The molecule has 0 radical (unpaired) electrons. The Kier molecular flexibility index (Phi) is 2.38. The minimum Gasteiger partial charge on any atom is -0.491 e. The Bertz CT molecular complexity index is 317. The first-order valence-electron chi connectivity index (χ1n) is 3.05. The summed E-state index contributed by atoms with van der Waals surface area (Å²) in [5.74, 6) is -2.35. The molecule has 1 aromatic carbocycles. The van der Waals surface area contributed by atoms with Crippen LogP contribution in [0, 0.1) is 11.6 Å². The van der Waals surface area contributed by atoms with Gasteiger partial charge in [0.05, 0.1) is 17.8 Å². The van der Waals surface area contributed by atoms with E-state index in [-0.39, 0.29) is 10.7 Å². The number of methoxy groups -OCH3 is 1. The van der Waals surface area contributed by atoms with Crippen molar-refractivity contribution >= 4 is 17.3 Å². The molecule has 5 heteroatoms. The largest absolute Gasteiger partial charge is 0.491 e. The molecule has 0 aliphatic carbocycles. The number of hydrogen-bond acceptors (Lipinski definition) is 2. The second kappa shape index (κ2) is 3.15. The zero-order valence-corrected chi connectivity index (χ0v) is 6.95. The average molecular weight is 194 g/mol. The standard InChI is InChI=1S/C7H6ClF2NO/c1-12-7-4(9)2-3(8)6(11)5(7)10/h2H,11H2,1H3. The summed E-state index contributed by atoms with van der Waals surface area (Å²) in [5, 5.41) is -0.161. The van der Waals surface area contributed by atoms with E-state index in [4.69, 9.17) is 17.3 Å². The SMILES string of the molecule is COc1c(F)cc(Cl)c(N)c1F. The highest BCUT2D eigenvalue weighted by atomic mass is 35.5. The Morgan fingerprint density at radius 2 is 2.08 bits per heavy atom.